The molecule has 0 fully saturated rings. The van der Waals surface area contributed by atoms with Gasteiger partial charge in [-0.2, -0.15) is 0 Å². The van der Waals surface area contributed by atoms with Gasteiger partial charge in [0.1, 0.15) is 5.03 Å². The summed E-state index contributed by atoms with van der Waals surface area (Å²) >= 11 is 5.08. The molecule has 0 aliphatic carbocycles. The SMILES string of the molecule is CCCCCSc1ncc(Br)cc1N. The third kappa shape index (κ3) is 3.88. The molecule has 78 valence electrons. The monoisotopic (exact) mass is 274 g/mol. The molecule has 0 spiro atoms. The van der Waals surface area contributed by atoms with Gasteiger partial charge in [0, 0.05) is 10.7 Å². The highest BCUT2D eigenvalue weighted by molar-refractivity contribution is 9.10. The van der Waals surface area contributed by atoms with Crippen LogP contribution < -0.4 is 5.73 Å². The molecule has 1 aromatic rings. The first kappa shape index (κ1) is 11.9. The average Bonchev–Trinajstić information content (AvgIpc) is 2.15. The smallest absolute Gasteiger partial charge is 0.119 e. The number of hydrogen-bond acceptors (Lipinski definition) is 3. The Morgan fingerprint density at radius 3 is 2.93 bits per heavy atom. The van der Waals surface area contributed by atoms with E-state index >= 15 is 0 Å². The van der Waals surface area contributed by atoms with Crippen LogP contribution in [-0.2, 0) is 0 Å². The molecule has 1 aromatic heterocycles. The highest BCUT2D eigenvalue weighted by atomic mass is 79.9. The van der Waals surface area contributed by atoms with Crippen molar-refractivity contribution in [2.45, 2.75) is 31.2 Å². The fourth-order valence-electron chi connectivity index (χ4n) is 1.08. The normalized spacial score (nSPS) is 10.4. The predicted molar refractivity (Wildman–Crippen MR) is 66.6 cm³/mol. The van der Waals surface area contributed by atoms with Crippen molar-refractivity contribution in [3.63, 3.8) is 0 Å². The Kier molecular flexibility index (Phi) is 5.33. The Labute approximate surface area is 97.8 Å². The molecule has 1 heterocycles. The molecule has 0 aliphatic heterocycles. The molecular weight excluding hydrogens is 260 g/mol. The van der Waals surface area contributed by atoms with Crippen LogP contribution in [0.3, 0.4) is 0 Å². The second-order valence-corrected chi connectivity index (χ2v) is 5.10. The van der Waals surface area contributed by atoms with Gasteiger partial charge < -0.3 is 5.73 Å². The number of thioether (sulfide) groups is 1. The zero-order valence-corrected chi connectivity index (χ0v) is 10.7. The summed E-state index contributed by atoms with van der Waals surface area (Å²) in [6.07, 6.45) is 5.56. The van der Waals surface area contributed by atoms with Crippen LogP contribution in [0.15, 0.2) is 21.8 Å². The molecule has 0 saturated carbocycles. The first-order valence-electron chi connectivity index (χ1n) is 4.78. The van der Waals surface area contributed by atoms with Gasteiger partial charge in [0.2, 0.25) is 0 Å². The highest BCUT2D eigenvalue weighted by Crippen LogP contribution is 2.25. The number of unbranched alkanes of at least 4 members (excludes halogenated alkanes) is 2. The van der Waals surface area contributed by atoms with Crippen molar-refractivity contribution < 1.29 is 0 Å². The van der Waals surface area contributed by atoms with Crippen LogP contribution in [0, 0.1) is 0 Å². The van der Waals surface area contributed by atoms with Crippen LogP contribution in [0.2, 0.25) is 0 Å². The molecule has 14 heavy (non-hydrogen) atoms. The Bertz CT molecular complexity index is 291. The number of anilines is 1. The van der Waals surface area contributed by atoms with Gasteiger partial charge in [-0.05, 0) is 34.2 Å². The van der Waals surface area contributed by atoms with Gasteiger partial charge in [-0.3, -0.25) is 0 Å². The molecule has 2 N–H and O–H groups in total. The second kappa shape index (κ2) is 6.30. The van der Waals surface area contributed by atoms with Crippen molar-refractivity contribution in [3.05, 3.63) is 16.7 Å². The van der Waals surface area contributed by atoms with Gasteiger partial charge in [-0.1, -0.05) is 19.8 Å². The fourth-order valence-corrected chi connectivity index (χ4v) is 2.33. The van der Waals surface area contributed by atoms with E-state index in [0.717, 1.165) is 20.9 Å². The topological polar surface area (TPSA) is 38.9 Å². The van der Waals surface area contributed by atoms with E-state index in [1.807, 2.05) is 6.07 Å². The van der Waals surface area contributed by atoms with Crippen molar-refractivity contribution in [2.24, 2.45) is 0 Å². The zero-order valence-electron chi connectivity index (χ0n) is 8.29. The molecule has 0 radical (unpaired) electrons. The van der Waals surface area contributed by atoms with Crippen molar-refractivity contribution in [2.75, 3.05) is 11.5 Å². The Morgan fingerprint density at radius 2 is 2.29 bits per heavy atom. The van der Waals surface area contributed by atoms with Gasteiger partial charge in [0.15, 0.2) is 0 Å². The minimum atomic E-state index is 0.765. The van der Waals surface area contributed by atoms with Gasteiger partial charge in [0.05, 0.1) is 5.69 Å². The molecule has 4 heteroatoms. The third-order valence-electron chi connectivity index (χ3n) is 1.83. The summed E-state index contributed by atoms with van der Waals surface area (Å²) in [5.41, 5.74) is 6.59. The van der Waals surface area contributed by atoms with Crippen LogP contribution in [0.4, 0.5) is 5.69 Å². The van der Waals surface area contributed by atoms with Crippen molar-refractivity contribution in [1.29, 1.82) is 0 Å². The molecule has 0 bridgehead atoms. The van der Waals surface area contributed by atoms with E-state index in [0.29, 0.717) is 0 Å². The highest BCUT2D eigenvalue weighted by Gasteiger charge is 2.01. The Hall–Kier alpha value is -0.220. The van der Waals surface area contributed by atoms with E-state index in [4.69, 9.17) is 5.73 Å². The lowest BCUT2D eigenvalue weighted by atomic mass is 10.3. The number of nitrogen functional groups attached to an aromatic ring is 1. The van der Waals surface area contributed by atoms with Crippen molar-refractivity contribution in [3.8, 4) is 0 Å². The average molecular weight is 275 g/mol. The van der Waals surface area contributed by atoms with E-state index in [1.165, 1.54) is 19.3 Å². The second-order valence-electron chi connectivity index (χ2n) is 3.10. The lowest BCUT2D eigenvalue weighted by Crippen LogP contribution is -1.92. The summed E-state index contributed by atoms with van der Waals surface area (Å²) in [6.45, 7) is 2.21. The molecular formula is C10H15BrN2S. The largest absolute Gasteiger partial charge is 0.397 e. The number of pyridine rings is 1. The quantitative estimate of drug-likeness (QED) is 0.657. The van der Waals surface area contributed by atoms with Gasteiger partial charge in [-0.15, -0.1) is 11.8 Å². The van der Waals surface area contributed by atoms with Gasteiger partial charge >= 0.3 is 0 Å². The molecule has 0 saturated heterocycles. The van der Waals surface area contributed by atoms with Crippen LogP contribution in [0.25, 0.3) is 0 Å². The summed E-state index contributed by atoms with van der Waals surface area (Å²) in [5, 5.41) is 0.948. The van der Waals surface area contributed by atoms with Crippen LogP contribution in [-0.4, -0.2) is 10.7 Å². The summed E-state index contributed by atoms with van der Waals surface area (Å²) < 4.78 is 0.938. The van der Waals surface area contributed by atoms with E-state index in [2.05, 4.69) is 27.8 Å². The maximum Gasteiger partial charge on any atom is 0.119 e. The number of aromatic nitrogens is 1. The molecule has 0 atom stereocenters. The maximum absolute atomic E-state index is 5.82. The van der Waals surface area contributed by atoms with E-state index in [-0.39, 0.29) is 0 Å². The number of hydrogen-bond donors (Lipinski definition) is 1. The van der Waals surface area contributed by atoms with E-state index in [9.17, 15) is 0 Å². The number of nitrogens with two attached hydrogens (primary N) is 1. The number of nitrogens with zero attached hydrogens (tertiary/aromatic N) is 1. The van der Waals surface area contributed by atoms with Crippen LogP contribution in [0.5, 0.6) is 0 Å². The molecule has 0 unspecified atom stereocenters. The minimum Gasteiger partial charge on any atom is -0.397 e. The first-order valence-corrected chi connectivity index (χ1v) is 6.55. The summed E-state index contributed by atoms with van der Waals surface area (Å²) in [7, 11) is 0. The summed E-state index contributed by atoms with van der Waals surface area (Å²) in [5.74, 6) is 1.10. The Morgan fingerprint density at radius 1 is 1.50 bits per heavy atom. The molecule has 2 nitrogen and oxygen atoms in total. The molecule has 1 rings (SSSR count). The van der Waals surface area contributed by atoms with Crippen LogP contribution in [0.1, 0.15) is 26.2 Å². The fraction of sp³-hybridized carbons (Fsp3) is 0.500. The number of halogens is 1. The lowest BCUT2D eigenvalue weighted by Gasteiger charge is -2.03. The summed E-state index contributed by atoms with van der Waals surface area (Å²) in [4.78, 5) is 4.27. The van der Waals surface area contributed by atoms with E-state index < -0.39 is 0 Å². The van der Waals surface area contributed by atoms with Crippen molar-refractivity contribution in [1.82, 2.24) is 4.98 Å². The van der Waals surface area contributed by atoms with Gasteiger partial charge in [-0.25, -0.2) is 4.98 Å². The molecule has 0 aromatic carbocycles. The van der Waals surface area contributed by atoms with Crippen molar-refractivity contribution >= 4 is 33.4 Å². The Balaban J connectivity index is 2.42. The van der Waals surface area contributed by atoms with E-state index in [1.54, 1.807) is 18.0 Å². The molecule has 0 aliphatic rings. The van der Waals surface area contributed by atoms with Crippen LogP contribution >= 0.6 is 27.7 Å². The summed E-state index contributed by atoms with van der Waals surface area (Å²) in [6, 6.07) is 1.90. The predicted octanol–water partition coefficient (Wildman–Crippen LogP) is 3.71. The van der Waals surface area contributed by atoms with Gasteiger partial charge in [0.25, 0.3) is 0 Å². The maximum atomic E-state index is 5.82. The lowest BCUT2D eigenvalue weighted by molar-refractivity contribution is 0.778. The standard InChI is InChI=1S/C10H15BrN2S/c1-2-3-4-5-14-10-9(12)6-8(11)7-13-10/h6-7H,2-5,12H2,1H3. The number of rotatable bonds is 5. The zero-order chi connectivity index (χ0) is 10.4. The minimum absolute atomic E-state index is 0.765. The third-order valence-corrected chi connectivity index (χ3v) is 3.37. The first-order chi connectivity index (χ1) is 6.74. The molecule has 0 amide bonds.